The molecule has 8 nitrogen and oxygen atoms in total. The summed E-state index contributed by atoms with van der Waals surface area (Å²) in [5.74, 6) is -0.166. The van der Waals surface area contributed by atoms with E-state index >= 15 is 0 Å². The van der Waals surface area contributed by atoms with Gasteiger partial charge in [0.2, 0.25) is 5.91 Å². The van der Waals surface area contributed by atoms with Crippen molar-refractivity contribution in [2.24, 2.45) is 0 Å². The van der Waals surface area contributed by atoms with Gasteiger partial charge in [-0.25, -0.2) is 4.98 Å². The summed E-state index contributed by atoms with van der Waals surface area (Å²) in [6.07, 6.45) is 4.04. The van der Waals surface area contributed by atoms with Crippen LogP contribution in [0.3, 0.4) is 0 Å². The van der Waals surface area contributed by atoms with Crippen molar-refractivity contribution >= 4 is 11.8 Å². The number of nitrogens with zero attached hydrogens (tertiary/aromatic N) is 4. The average molecular weight is 350 g/mol. The Labute approximate surface area is 148 Å². The van der Waals surface area contributed by atoms with E-state index < -0.39 is 0 Å². The van der Waals surface area contributed by atoms with Crippen LogP contribution in [-0.2, 0) is 14.3 Å². The molecule has 2 heterocycles. The molecule has 25 heavy (non-hydrogen) atoms. The van der Waals surface area contributed by atoms with E-state index in [1.807, 2.05) is 6.92 Å². The number of rotatable bonds is 8. The van der Waals surface area contributed by atoms with Crippen LogP contribution in [0.1, 0.15) is 29.0 Å². The lowest BCUT2D eigenvalue weighted by molar-refractivity contribution is -0.135. The third kappa shape index (κ3) is 6.06. The second kappa shape index (κ2) is 10.0. The van der Waals surface area contributed by atoms with Crippen molar-refractivity contribution in [1.29, 1.82) is 0 Å². The van der Waals surface area contributed by atoms with E-state index in [0.29, 0.717) is 58.1 Å². The third-order valence-electron chi connectivity index (χ3n) is 4.02. The lowest BCUT2D eigenvalue weighted by Gasteiger charge is -2.28. The Kier molecular flexibility index (Phi) is 7.75. The van der Waals surface area contributed by atoms with Crippen molar-refractivity contribution < 1.29 is 19.1 Å². The highest BCUT2D eigenvalue weighted by atomic mass is 16.5. The normalized spacial score (nSPS) is 14.4. The van der Waals surface area contributed by atoms with E-state index in [4.69, 9.17) is 9.47 Å². The van der Waals surface area contributed by atoms with Gasteiger partial charge in [0.1, 0.15) is 5.69 Å². The van der Waals surface area contributed by atoms with Gasteiger partial charge in [0.05, 0.1) is 25.1 Å². The first kappa shape index (κ1) is 19.3. The van der Waals surface area contributed by atoms with Crippen LogP contribution >= 0.6 is 0 Å². The van der Waals surface area contributed by atoms with Crippen LogP contribution < -0.4 is 0 Å². The van der Waals surface area contributed by atoms with Crippen LogP contribution in [0, 0.1) is 6.92 Å². The minimum absolute atomic E-state index is 0.0443. The smallest absolute Gasteiger partial charge is 0.274 e. The fourth-order valence-corrected chi connectivity index (χ4v) is 2.58. The van der Waals surface area contributed by atoms with Crippen LogP contribution in [-0.4, -0.2) is 84.7 Å². The topological polar surface area (TPSA) is 84.9 Å². The molecule has 2 amide bonds. The summed E-state index contributed by atoms with van der Waals surface area (Å²) in [5, 5.41) is 0. The molecule has 138 valence electrons. The number of carbonyl (C=O) groups is 2. The van der Waals surface area contributed by atoms with Gasteiger partial charge >= 0.3 is 0 Å². The van der Waals surface area contributed by atoms with Crippen LogP contribution in [0.5, 0.6) is 0 Å². The van der Waals surface area contributed by atoms with Gasteiger partial charge in [-0.1, -0.05) is 0 Å². The molecule has 0 N–H and O–H groups in total. The molecule has 0 saturated carbocycles. The van der Waals surface area contributed by atoms with Gasteiger partial charge in [0.15, 0.2) is 0 Å². The number of aromatic nitrogens is 2. The number of hydrogen-bond donors (Lipinski definition) is 0. The molecule has 0 atom stereocenters. The summed E-state index contributed by atoms with van der Waals surface area (Å²) in [4.78, 5) is 36.7. The van der Waals surface area contributed by atoms with Gasteiger partial charge in [0, 0.05) is 52.5 Å². The zero-order chi connectivity index (χ0) is 18.1. The molecule has 1 aromatic rings. The highest BCUT2D eigenvalue weighted by molar-refractivity contribution is 5.92. The highest BCUT2D eigenvalue weighted by Crippen LogP contribution is 2.07. The summed E-state index contributed by atoms with van der Waals surface area (Å²) in [6, 6.07) is 0. The van der Waals surface area contributed by atoms with E-state index in [2.05, 4.69) is 9.97 Å². The van der Waals surface area contributed by atoms with Crippen molar-refractivity contribution in [3.8, 4) is 0 Å². The molecule has 0 unspecified atom stereocenters. The summed E-state index contributed by atoms with van der Waals surface area (Å²) in [6.45, 7) is 5.61. The van der Waals surface area contributed by atoms with Crippen LogP contribution in [0.25, 0.3) is 0 Å². The first-order valence-corrected chi connectivity index (χ1v) is 8.54. The maximum atomic E-state index is 12.7. The molecule has 0 aliphatic carbocycles. The van der Waals surface area contributed by atoms with Crippen LogP contribution in [0.4, 0.5) is 0 Å². The molecule has 1 aromatic heterocycles. The standard InChI is InChI=1S/C17H26N4O4/c1-14-12-19-15(13-18-14)17(23)21(5-3-9-24-2)6-4-16(22)20-7-10-25-11-8-20/h12-13H,3-11H2,1-2H3. The fourth-order valence-electron chi connectivity index (χ4n) is 2.58. The molecule has 1 aliphatic rings. The lowest BCUT2D eigenvalue weighted by Crippen LogP contribution is -2.43. The Balaban J connectivity index is 1.95. The van der Waals surface area contributed by atoms with Crippen molar-refractivity contribution in [3.05, 3.63) is 23.8 Å². The van der Waals surface area contributed by atoms with Gasteiger partial charge in [-0.15, -0.1) is 0 Å². The summed E-state index contributed by atoms with van der Waals surface area (Å²) >= 11 is 0. The summed E-state index contributed by atoms with van der Waals surface area (Å²) in [7, 11) is 1.62. The number of ether oxygens (including phenoxy) is 2. The van der Waals surface area contributed by atoms with Gasteiger partial charge in [-0.2, -0.15) is 0 Å². The molecular weight excluding hydrogens is 324 g/mol. The van der Waals surface area contributed by atoms with Crippen molar-refractivity contribution in [1.82, 2.24) is 19.8 Å². The molecular formula is C17H26N4O4. The first-order valence-electron chi connectivity index (χ1n) is 8.54. The molecule has 2 rings (SSSR count). The first-order chi connectivity index (χ1) is 12.1. The lowest BCUT2D eigenvalue weighted by atomic mass is 10.2. The van der Waals surface area contributed by atoms with Gasteiger partial charge in [0.25, 0.3) is 5.91 Å². The zero-order valence-corrected chi connectivity index (χ0v) is 14.9. The van der Waals surface area contributed by atoms with E-state index in [9.17, 15) is 9.59 Å². The largest absolute Gasteiger partial charge is 0.385 e. The quantitative estimate of drug-likeness (QED) is 0.635. The Morgan fingerprint density at radius 3 is 2.64 bits per heavy atom. The van der Waals surface area contributed by atoms with E-state index in [-0.39, 0.29) is 18.2 Å². The summed E-state index contributed by atoms with van der Waals surface area (Å²) in [5.41, 5.74) is 1.05. The molecule has 0 aromatic carbocycles. The number of methoxy groups -OCH3 is 1. The Morgan fingerprint density at radius 1 is 1.24 bits per heavy atom. The van der Waals surface area contributed by atoms with E-state index in [1.165, 1.54) is 6.20 Å². The van der Waals surface area contributed by atoms with Gasteiger partial charge in [-0.3, -0.25) is 14.6 Å². The average Bonchev–Trinajstić information content (AvgIpc) is 2.65. The number of aryl methyl sites for hydroxylation is 1. The predicted octanol–water partition coefficient (Wildman–Crippen LogP) is 0.513. The molecule has 1 aliphatic heterocycles. The van der Waals surface area contributed by atoms with Crippen molar-refractivity contribution in [2.75, 3.05) is 53.1 Å². The molecule has 0 bridgehead atoms. The Morgan fingerprint density at radius 2 is 2.00 bits per heavy atom. The number of hydrogen-bond acceptors (Lipinski definition) is 6. The Bertz CT molecular complexity index is 558. The minimum atomic E-state index is -0.210. The number of carbonyl (C=O) groups excluding carboxylic acids is 2. The van der Waals surface area contributed by atoms with Crippen LogP contribution in [0.15, 0.2) is 12.4 Å². The zero-order valence-electron chi connectivity index (χ0n) is 14.9. The molecule has 0 spiro atoms. The monoisotopic (exact) mass is 350 g/mol. The fraction of sp³-hybridized carbons (Fsp3) is 0.647. The highest BCUT2D eigenvalue weighted by Gasteiger charge is 2.21. The second-order valence-corrected chi connectivity index (χ2v) is 5.92. The van der Waals surface area contributed by atoms with Crippen molar-refractivity contribution in [3.63, 3.8) is 0 Å². The van der Waals surface area contributed by atoms with E-state index in [0.717, 1.165) is 5.69 Å². The van der Waals surface area contributed by atoms with Gasteiger partial charge in [-0.05, 0) is 13.3 Å². The molecule has 8 heteroatoms. The molecule has 1 saturated heterocycles. The SMILES string of the molecule is COCCCN(CCC(=O)N1CCOCC1)C(=O)c1cnc(C)cn1. The third-order valence-corrected chi connectivity index (χ3v) is 4.02. The van der Waals surface area contributed by atoms with Gasteiger partial charge < -0.3 is 19.3 Å². The molecule has 1 fully saturated rings. The minimum Gasteiger partial charge on any atom is -0.385 e. The second-order valence-electron chi connectivity index (χ2n) is 5.92. The predicted molar refractivity (Wildman–Crippen MR) is 91.2 cm³/mol. The maximum absolute atomic E-state index is 12.7. The number of morpholine rings is 1. The Hall–Kier alpha value is -2.06. The number of amides is 2. The van der Waals surface area contributed by atoms with E-state index in [1.54, 1.807) is 23.1 Å². The maximum Gasteiger partial charge on any atom is 0.274 e. The van der Waals surface area contributed by atoms with Crippen LogP contribution in [0.2, 0.25) is 0 Å². The van der Waals surface area contributed by atoms with Crippen molar-refractivity contribution in [2.45, 2.75) is 19.8 Å². The molecule has 0 radical (unpaired) electrons. The summed E-state index contributed by atoms with van der Waals surface area (Å²) < 4.78 is 10.3.